The number of rotatable bonds is 2. The van der Waals surface area contributed by atoms with Gasteiger partial charge >= 0.3 is 11.9 Å². The van der Waals surface area contributed by atoms with Crippen molar-refractivity contribution in [3.8, 4) is 11.5 Å². The number of likely N-dealkylation sites (tertiary alicyclic amines) is 1. The predicted molar refractivity (Wildman–Crippen MR) is 96.8 cm³/mol. The maximum absolute atomic E-state index is 11.7. The molecule has 27 heavy (non-hydrogen) atoms. The molecule has 2 heterocycles. The second kappa shape index (κ2) is 5.58. The van der Waals surface area contributed by atoms with E-state index in [1.807, 2.05) is 12.1 Å². The number of ether oxygens (including phenoxy) is 3. The third-order valence-corrected chi connectivity index (χ3v) is 6.67. The number of esters is 2. The zero-order valence-corrected chi connectivity index (χ0v) is 15.7. The van der Waals surface area contributed by atoms with E-state index in [1.165, 1.54) is 19.4 Å². The Kier molecular flexibility index (Phi) is 3.47. The number of carbonyl (C=O) groups excluding carboxylic acids is 2. The molecule has 0 unspecified atom stereocenters. The molecule has 2 aliphatic carbocycles. The molecule has 2 aliphatic heterocycles. The van der Waals surface area contributed by atoms with E-state index >= 15 is 0 Å². The fourth-order valence-electron chi connectivity index (χ4n) is 5.74. The summed E-state index contributed by atoms with van der Waals surface area (Å²) in [6.45, 7) is 3.77. The Hall–Kier alpha value is -2.34. The van der Waals surface area contributed by atoms with Crippen LogP contribution in [0.5, 0.6) is 11.5 Å². The van der Waals surface area contributed by atoms with Gasteiger partial charge in [0.1, 0.15) is 6.10 Å². The van der Waals surface area contributed by atoms with E-state index in [2.05, 4.69) is 24.1 Å². The summed E-state index contributed by atoms with van der Waals surface area (Å²) >= 11 is 0. The minimum Gasteiger partial charge on any atom is -0.481 e. The van der Waals surface area contributed by atoms with Gasteiger partial charge in [0.2, 0.25) is 0 Å². The Labute approximate surface area is 158 Å². The monoisotopic (exact) mass is 369 g/mol. The van der Waals surface area contributed by atoms with Crippen LogP contribution in [0.2, 0.25) is 0 Å². The molecule has 5 atom stereocenters. The molecular formula is C21H23NO5. The molecular weight excluding hydrogens is 346 g/mol. The van der Waals surface area contributed by atoms with Crippen LogP contribution >= 0.6 is 0 Å². The van der Waals surface area contributed by atoms with Gasteiger partial charge in [-0.25, -0.2) is 0 Å². The van der Waals surface area contributed by atoms with E-state index in [9.17, 15) is 9.59 Å². The van der Waals surface area contributed by atoms with E-state index in [4.69, 9.17) is 14.2 Å². The summed E-state index contributed by atoms with van der Waals surface area (Å²) in [4.78, 5) is 25.7. The maximum Gasteiger partial charge on any atom is 0.308 e. The van der Waals surface area contributed by atoms with Crippen molar-refractivity contribution < 1.29 is 23.8 Å². The highest BCUT2D eigenvalue weighted by atomic mass is 16.6. The fourth-order valence-corrected chi connectivity index (χ4v) is 5.74. The van der Waals surface area contributed by atoms with Crippen molar-refractivity contribution in [2.75, 3.05) is 13.6 Å². The number of hydrogen-bond acceptors (Lipinski definition) is 6. The lowest BCUT2D eigenvalue weighted by Crippen LogP contribution is -2.65. The van der Waals surface area contributed by atoms with E-state index in [0.29, 0.717) is 17.5 Å². The molecule has 142 valence electrons. The molecule has 0 amide bonds. The van der Waals surface area contributed by atoms with Gasteiger partial charge < -0.3 is 19.1 Å². The van der Waals surface area contributed by atoms with Gasteiger partial charge in [0.15, 0.2) is 17.6 Å². The summed E-state index contributed by atoms with van der Waals surface area (Å²) in [5, 5.41) is 0. The highest BCUT2D eigenvalue weighted by Crippen LogP contribution is 2.62. The van der Waals surface area contributed by atoms with Gasteiger partial charge in [-0.2, -0.15) is 0 Å². The van der Waals surface area contributed by atoms with Gasteiger partial charge in [-0.05, 0) is 44.1 Å². The molecule has 1 saturated heterocycles. The summed E-state index contributed by atoms with van der Waals surface area (Å²) in [7, 11) is 2.17. The van der Waals surface area contributed by atoms with Gasteiger partial charge in [0.05, 0.1) is 0 Å². The van der Waals surface area contributed by atoms with Crippen molar-refractivity contribution in [2.24, 2.45) is 5.92 Å². The summed E-state index contributed by atoms with van der Waals surface area (Å²) in [6, 6.07) is 4.28. The second-order valence-corrected chi connectivity index (χ2v) is 8.09. The smallest absolute Gasteiger partial charge is 0.308 e. The minimum atomic E-state index is -0.439. The average Bonchev–Trinajstić information content (AvgIpc) is 2.95. The van der Waals surface area contributed by atoms with Crippen LogP contribution in [0.3, 0.4) is 0 Å². The van der Waals surface area contributed by atoms with Crippen molar-refractivity contribution in [1.82, 2.24) is 4.90 Å². The molecule has 4 aliphatic rings. The van der Waals surface area contributed by atoms with E-state index in [-0.39, 0.29) is 29.4 Å². The van der Waals surface area contributed by atoms with E-state index < -0.39 is 6.10 Å². The third kappa shape index (κ3) is 2.16. The van der Waals surface area contributed by atoms with Crippen molar-refractivity contribution in [2.45, 2.75) is 50.4 Å². The minimum absolute atomic E-state index is 0.245. The lowest BCUT2D eigenvalue weighted by atomic mass is 9.53. The molecule has 0 radical (unpaired) electrons. The molecule has 2 bridgehead atoms. The highest BCUT2D eigenvalue weighted by Gasteiger charge is 2.65. The summed E-state index contributed by atoms with van der Waals surface area (Å²) in [5.74, 6) is 0.712. The van der Waals surface area contributed by atoms with Gasteiger partial charge in [0, 0.05) is 36.8 Å². The Morgan fingerprint density at radius 1 is 1.22 bits per heavy atom. The van der Waals surface area contributed by atoms with E-state index in [1.54, 1.807) is 0 Å². The molecule has 1 aromatic rings. The number of piperidine rings is 1. The molecule has 6 nitrogen and oxygen atoms in total. The first-order valence-electron chi connectivity index (χ1n) is 9.49. The van der Waals surface area contributed by atoms with E-state index in [0.717, 1.165) is 24.9 Å². The molecule has 0 N–H and O–H groups in total. The van der Waals surface area contributed by atoms with Crippen LogP contribution in [0.15, 0.2) is 24.3 Å². The number of nitrogens with zero attached hydrogens (tertiary/aromatic N) is 1. The van der Waals surface area contributed by atoms with Crippen molar-refractivity contribution in [1.29, 1.82) is 0 Å². The van der Waals surface area contributed by atoms with Crippen LogP contribution in [-0.2, 0) is 26.2 Å². The first-order valence-corrected chi connectivity index (χ1v) is 9.49. The first kappa shape index (κ1) is 16.8. The number of carbonyl (C=O) groups is 2. The molecule has 1 aromatic carbocycles. The lowest BCUT2D eigenvalue weighted by molar-refractivity contribution is -0.152. The normalized spacial score (nSPS) is 35.2. The maximum atomic E-state index is 11.7. The van der Waals surface area contributed by atoms with Gasteiger partial charge in [-0.1, -0.05) is 12.1 Å². The Balaban J connectivity index is 1.71. The fraction of sp³-hybridized carbons (Fsp3) is 0.524. The second-order valence-electron chi connectivity index (χ2n) is 8.09. The Bertz CT molecular complexity index is 878. The quantitative estimate of drug-likeness (QED) is 0.451. The van der Waals surface area contributed by atoms with Crippen LogP contribution < -0.4 is 9.47 Å². The van der Waals surface area contributed by atoms with Crippen LogP contribution in [0.1, 0.15) is 31.4 Å². The van der Waals surface area contributed by atoms with Crippen LogP contribution in [0.4, 0.5) is 0 Å². The topological polar surface area (TPSA) is 65.1 Å². The van der Waals surface area contributed by atoms with Crippen LogP contribution in [0.25, 0.3) is 0 Å². The Morgan fingerprint density at radius 3 is 2.78 bits per heavy atom. The van der Waals surface area contributed by atoms with Gasteiger partial charge in [-0.15, -0.1) is 0 Å². The Morgan fingerprint density at radius 2 is 2.04 bits per heavy atom. The molecule has 1 fully saturated rings. The predicted octanol–water partition coefficient (Wildman–Crippen LogP) is 1.99. The lowest BCUT2D eigenvalue weighted by Gasteiger charge is -2.56. The largest absolute Gasteiger partial charge is 0.481 e. The SMILES string of the molecule is CC(=O)Oc1ccc2c3c1O[C@H]1[C@@H](OC(C)=O)C=C[C@H]4[C@H](C2)N(C)CC[C@@]341. The van der Waals surface area contributed by atoms with Gasteiger partial charge in [0.25, 0.3) is 0 Å². The van der Waals surface area contributed by atoms with Crippen LogP contribution in [-0.4, -0.2) is 48.7 Å². The van der Waals surface area contributed by atoms with Crippen molar-refractivity contribution in [3.05, 3.63) is 35.4 Å². The molecule has 5 rings (SSSR count). The number of benzene rings is 1. The molecule has 0 aromatic heterocycles. The van der Waals surface area contributed by atoms with Crippen LogP contribution in [0, 0.1) is 5.92 Å². The zero-order chi connectivity index (χ0) is 18.9. The standard InChI is InChI=1S/C21H23NO5/c1-11(23)25-16-6-4-13-10-15-14-5-7-17(26-12(2)24)20-21(14,8-9-22(15)3)18(13)19(16)27-20/h4-7,14-15,17,20H,8-10H2,1-3H3/t14-,15-,17-,20-,21-/m0/s1. The van der Waals surface area contributed by atoms with Crippen molar-refractivity contribution in [3.63, 3.8) is 0 Å². The molecule has 0 saturated carbocycles. The first-order chi connectivity index (χ1) is 12.9. The number of likely N-dealkylation sites (N-methyl/N-ethyl adjacent to an activating group) is 1. The average molecular weight is 369 g/mol. The zero-order valence-electron chi connectivity index (χ0n) is 15.7. The highest BCUT2D eigenvalue weighted by molar-refractivity contribution is 5.73. The van der Waals surface area contributed by atoms with Crippen molar-refractivity contribution >= 4 is 11.9 Å². The third-order valence-electron chi connectivity index (χ3n) is 6.67. The molecule has 6 heteroatoms. The summed E-state index contributed by atoms with van der Waals surface area (Å²) < 4.78 is 17.5. The van der Waals surface area contributed by atoms with Gasteiger partial charge in [-0.3, -0.25) is 9.59 Å². The number of hydrogen-bond donors (Lipinski definition) is 0. The summed E-state index contributed by atoms with van der Waals surface area (Å²) in [6.07, 6.45) is 5.31. The molecule has 1 spiro atoms. The summed E-state index contributed by atoms with van der Waals surface area (Å²) in [5.41, 5.74) is 2.15.